The lowest BCUT2D eigenvalue weighted by Crippen LogP contribution is -2.29. The smallest absolute Gasteiger partial charge is 0.225 e. The van der Waals surface area contributed by atoms with Gasteiger partial charge < -0.3 is 10.2 Å². The molecule has 0 amide bonds. The van der Waals surface area contributed by atoms with Crippen molar-refractivity contribution in [3.63, 3.8) is 0 Å². The first kappa shape index (κ1) is 13.9. The van der Waals surface area contributed by atoms with Crippen molar-refractivity contribution in [1.82, 2.24) is 15.3 Å². The molecule has 0 atom stereocenters. The van der Waals surface area contributed by atoms with Gasteiger partial charge in [-0.1, -0.05) is 0 Å². The molecule has 0 saturated carbocycles. The third-order valence-electron chi connectivity index (χ3n) is 3.47. The second-order valence-electron chi connectivity index (χ2n) is 4.96. The minimum atomic E-state index is -0.614. The first-order valence-corrected chi connectivity index (χ1v) is 6.98. The predicted molar refractivity (Wildman–Crippen MR) is 77.1 cm³/mol. The zero-order valence-corrected chi connectivity index (χ0v) is 11.5. The first-order valence-electron chi connectivity index (χ1n) is 6.98. The van der Waals surface area contributed by atoms with E-state index < -0.39 is 11.6 Å². The molecule has 1 aliphatic rings. The maximum atomic E-state index is 13.9. The fourth-order valence-corrected chi connectivity index (χ4v) is 2.39. The summed E-state index contributed by atoms with van der Waals surface area (Å²) in [5.41, 5.74) is 0.753. The largest absolute Gasteiger partial charge is 0.339 e. The molecule has 6 heteroatoms. The molecular weight excluding hydrogens is 274 g/mol. The number of nitrogens with one attached hydrogen (secondary N) is 1. The van der Waals surface area contributed by atoms with E-state index in [1.165, 1.54) is 12.1 Å². The van der Waals surface area contributed by atoms with Gasteiger partial charge >= 0.3 is 0 Å². The third-order valence-corrected chi connectivity index (χ3v) is 3.47. The second-order valence-corrected chi connectivity index (χ2v) is 4.96. The van der Waals surface area contributed by atoms with E-state index in [0.29, 0.717) is 11.6 Å². The van der Waals surface area contributed by atoms with Crippen LogP contribution in [-0.2, 0) is 0 Å². The number of nitrogens with zero attached hydrogens (tertiary/aromatic N) is 3. The summed E-state index contributed by atoms with van der Waals surface area (Å²) in [6.45, 7) is 3.53. The molecule has 3 rings (SSSR count). The Morgan fingerprint density at radius 1 is 1.10 bits per heavy atom. The van der Waals surface area contributed by atoms with Crippen molar-refractivity contribution in [3.05, 3.63) is 42.1 Å². The molecule has 1 N–H and O–H groups in total. The van der Waals surface area contributed by atoms with E-state index in [4.69, 9.17) is 0 Å². The second kappa shape index (κ2) is 6.13. The monoisotopic (exact) mass is 290 g/mol. The van der Waals surface area contributed by atoms with E-state index in [0.717, 1.165) is 38.7 Å². The Labute approximate surface area is 121 Å². The van der Waals surface area contributed by atoms with E-state index in [9.17, 15) is 8.78 Å². The number of halogens is 2. The van der Waals surface area contributed by atoms with Crippen molar-refractivity contribution >= 4 is 5.95 Å². The van der Waals surface area contributed by atoms with Gasteiger partial charge in [-0.3, -0.25) is 0 Å². The zero-order chi connectivity index (χ0) is 14.7. The minimum absolute atomic E-state index is 0.285. The summed E-state index contributed by atoms with van der Waals surface area (Å²) in [6, 6.07) is 5.14. The highest BCUT2D eigenvalue weighted by Gasteiger charge is 2.14. The van der Waals surface area contributed by atoms with Crippen LogP contribution in [0, 0.1) is 11.6 Å². The average molecular weight is 290 g/mol. The zero-order valence-electron chi connectivity index (χ0n) is 11.5. The van der Waals surface area contributed by atoms with Crippen LogP contribution in [0.25, 0.3) is 11.3 Å². The lowest BCUT2D eigenvalue weighted by Gasteiger charge is -2.20. The maximum Gasteiger partial charge on any atom is 0.225 e. The fraction of sp³-hybridized carbons (Fsp3) is 0.333. The van der Waals surface area contributed by atoms with Gasteiger partial charge in [-0.2, -0.15) is 0 Å². The molecule has 4 nitrogen and oxygen atoms in total. The molecule has 0 unspecified atom stereocenters. The van der Waals surface area contributed by atoms with Gasteiger partial charge in [0.2, 0.25) is 5.95 Å². The summed E-state index contributed by atoms with van der Waals surface area (Å²) in [5, 5.41) is 3.31. The highest BCUT2D eigenvalue weighted by atomic mass is 19.1. The van der Waals surface area contributed by atoms with Gasteiger partial charge in [0, 0.05) is 37.5 Å². The van der Waals surface area contributed by atoms with Gasteiger partial charge in [-0.05, 0) is 31.2 Å². The van der Waals surface area contributed by atoms with Crippen LogP contribution in [0.15, 0.2) is 30.5 Å². The fourth-order valence-electron chi connectivity index (χ4n) is 2.39. The molecule has 1 saturated heterocycles. The van der Waals surface area contributed by atoms with Crippen molar-refractivity contribution in [2.75, 3.05) is 31.1 Å². The molecule has 0 spiro atoms. The number of benzene rings is 1. The van der Waals surface area contributed by atoms with Gasteiger partial charge in [0.15, 0.2) is 0 Å². The Morgan fingerprint density at radius 3 is 2.86 bits per heavy atom. The average Bonchev–Trinajstić information content (AvgIpc) is 2.76. The SMILES string of the molecule is Fc1ccc(-c2ccnc(N3CCCNCC3)n2)c(F)c1. The van der Waals surface area contributed by atoms with E-state index in [2.05, 4.69) is 20.2 Å². The Morgan fingerprint density at radius 2 is 2.00 bits per heavy atom. The van der Waals surface area contributed by atoms with Crippen LogP contribution in [0.1, 0.15) is 6.42 Å². The summed E-state index contributed by atoms with van der Waals surface area (Å²) < 4.78 is 26.8. The van der Waals surface area contributed by atoms with Crippen LogP contribution in [-0.4, -0.2) is 36.1 Å². The van der Waals surface area contributed by atoms with E-state index >= 15 is 0 Å². The Balaban J connectivity index is 1.92. The molecule has 0 aliphatic carbocycles. The Bertz CT molecular complexity index is 625. The number of aromatic nitrogens is 2. The third kappa shape index (κ3) is 3.16. The molecule has 0 bridgehead atoms. The van der Waals surface area contributed by atoms with Crippen LogP contribution >= 0.6 is 0 Å². The molecule has 21 heavy (non-hydrogen) atoms. The molecule has 0 radical (unpaired) electrons. The molecule has 1 aromatic heterocycles. The molecular formula is C15H16F2N4. The topological polar surface area (TPSA) is 41.1 Å². The number of hydrogen-bond acceptors (Lipinski definition) is 4. The first-order chi connectivity index (χ1) is 10.2. The molecule has 1 aliphatic heterocycles. The van der Waals surface area contributed by atoms with Crippen LogP contribution < -0.4 is 10.2 Å². The Hall–Kier alpha value is -2.08. The number of rotatable bonds is 2. The normalized spacial score (nSPS) is 15.8. The maximum absolute atomic E-state index is 13.9. The Kier molecular flexibility index (Phi) is 4.06. The summed E-state index contributed by atoms with van der Waals surface area (Å²) in [4.78, 5) is 10.8. The van der Waals surface area contributed by atoms with Crippen molar-refractivity contribution in [2.24, 2.45) is 0 Å². The van der Waals surface area contributed by atoms with Crippen molar-refractivity contribution in [2.45, 2.75) is 6.42 Å². The van der Waals surface area contributed by atoms with Crippen LogP contribution in [0.5, 0.6) is 0 Å². The van der Waals surface area contributed by atoms with Crippen molar-refractivity contribution in [3.8, 4) is 11.3 Å². The predicted octanol–water partition coefficient (Wildman–Crippen LogP) is 2.22. The van der Waals surface area contributed by atoms with Gasteiger partial charge in [0.25, 0.3) is 0 Å². The molecule has 2 heterocycles. The summed E-state index contributed by atoms with van der Waals surface area (Å²) in [7, 11) is 0. The van der Waals surface area contributed by atoms with Gasteiger partial charge in [0.1, 0.15) is 11.6 Å². The lowest BCUT2D eigenvalue weighted by molar-refractivity contribution is 0.585. The van der Waals surface area contributed by atoms with E-state index in [-0.39, 0.29) is 5.56 Å². The van der Waals surface area contributed by atoms with E-state index in [1.807, 2.05) is 0 Å². The molecule has 1 fully saturated rings. The minimum Gasteiger partial charge on any atom is -0.339 e. The summed E-state index contributed by atoms with van der Waals surface area (Å²) in [6.07, 6.45) is 2.62. The van der Waals surface area contributed by atoms with Gasteiger partial charge in [-0.25, -0.2) is 18.7 Å². The quantitative estimate of drug-likeness (QED) is 0.921. The highest BCUT2D eigenvalue weighted by Crippen LogP contribution is 2.23. The summed E-state index contributed by atoms with van der Waals surface area (Å²) >= 11 is 0. The molecule has 110 valence electrons. The van der Waals surface area contributed by atoms with Crippen LogP contribution in [0.4, 0.5) is 14.7 Å². The van der Waals surface area contributed by atoms with Gasteiger partial charge in [0.05, 0.1) is 5.69 Å². The van der Waals surface area contributed by atoms with Crippen molar-refractivity contribution in [1.29, 1.82) is 0 Å². The molecule has 2 aromatic rings. The highest BCUT2D eigenvalue weighted by molar-refractivity contribution is 5.60. The molecule has 1 aromatic carbocycles. The standard InChI is InChI=1S/C15H16F2N4/c16-11-2-3-12(13(17)10-11)14-4-6-19-15(20-14)21-8-1-5-18-7-9-21/h2-4,6,10,18H,1,5,7-9H2. The van der Waals surface area contributed by atoms with E-state index in [1.54, 1.807) is 12.3 Å². The number of hydrogen-bond donors (Lipinski definition) is 1. The van der Waals surface area contributed by atoms with Crippen LogP contribution in [0.3, 0.4) is 0 Å². The summed E-state index contributed by atoms with van der Waals surface area (Å²) in [5.74, 6) is -0.624. The van der Waals surface area contributed by atoms with Crippen molar-refractivity contribution < 1.29 is 8.78 Å². The van der Waals surface area contributed by atoms with Crippen LogP contribution in [0.2, 0.25) is 0 Å². The number of anilines is 1. The lowest BCUT2D eigenvalue weighted by atomic mass is 10.1. The van der Waals surface area contributed by atoms with Gasteiger partial charge in [-0.15, -0.1) is 0 Å².